The molecular formula is C13H16N4O. The van der Waals surface area contributed by atoms with Crippen molar-refractivity contribution in [3.63, 3.8) is 0 Å². The molecule has 5 nitrogen and oxygen atoms in total. The van der Waals surface area contributed by atoms with Crippen molar-refractivity contribution in [3.8, 4) is 11.6 Å². The van der Waals surface area contributed by atoms with E-state index >= 15 is 0 Å². The molecule has 0 amide bonds. The third kappa shape index (κ3) is 2.34. The van der Waals surface area contributed by atoms with Gasteiger partial charge >= 0.3 is 0 Å². The van der Waals surface area contributed by atoms with E-state index in [9.17, 15) is 0 Å². The second-order valence-corrected chi connectivity index (χ2v) is 4.26. The number of ether oxygens (including phenoxy) is 1. The number of hydrogen-bond donors (Lipinski definition) is 2. The van der Waals surface area contributed by atoms with Gasteiger partial charge in [0.05, 0.1) is 11.3 Å². The molecule has 0 aliphatic carbocycles. The summed E-state index contributed by atoms with van der Waals surface area (Å²) in [4.78, 5) is 0. The van der Waals surface area contributed by atoms with Crippen LogP contribution in [-0.4, -0.2) is 15.6 Å². The van der Waals surface area contributed by atoms with E-state index in [0.717, 1.165) is 11.3 Å². The van der Waals surface area contributed by atoms with Gasteiger partial charge in [0.25, 0.3) is 0 Å². The van der Waals surface area contributed by atoms with Gasteiger partial charge in [0.2, 0.25) is 5.88 Å². The van der Waals surface area contributed by atoms with Crippen molar-refractivity contribution < 1.29 is 4.74 Å². The minimum absolute atomic E-state index is 0.0103. The molecule has 2 rings (SSSR count). The first-order valence-electron chi connectivity index (χ1n) is 5.61. The fourth-order valence-electron chi connectivity index (χ4n) is 1.73. The SMILES string of the molecule is Cc1ccc(C(=N)N)c(Oc2cc(C)nn2C)c1. The predicted molar refractivity (Wildman–Crippen MR) is 70.2 cm³/mol. The van der Waals surface area contributed by atoms with E-state index in [-0.39, 0.29) is 5.84 Å². The molecule has 1 heterocycles. The molecule has 0 fully saturated rings. The highest BCUT2D eigenvalue weighted by Gasteiger charge is 2.10. The fourth-order valence-corrected chi connectivity index (χ4v) is 1.73. The standard InChI is InChI=1S/C13H16N4O/c1-8-4-5-10(13(14)15)11(6-8)18-12-7-9(2)16-17(12)3/h4-7H,1-3H3,(H3,14,15). The van der Waals surface area contributed by atoms with E-state index in [1.165, 1.54) is 0 Å². The quantitative estimate of drug-likeness (QED) is 0.641. The lowest BCUT2D eigenvalue weighted by atomic mass is 10.1. The third-order valence-electron chi connectivity index (χ3n) is 2.60. The lowest BCUT2D eigenvalue weighted by molar-refractivity contribution is 0.429. The summed E-state index contributed by atoms with van der Waals surface area (Å²) in [5.41, 5.74) is 8.05. The number of benzene rings is 1. The van der Waals surface area contributed by atoms with Gasteiger partial charge in [-0.15, -0.1) is 0 Å². The number of nitrogens with one attached hydrogen (secondary N) is 1. The number of nitrogens with two attached hydrogens (primary N) is 1. The molecule has 5 heteroatoms. The van der Waals surface area contributed by atoms with E-state index in [0.29, 0.717) is 17.2 Å². The summed E-state index contributed by atoms with van der Waals surface area (Å²) >= 11 is 0. The molecule has 0 unspecified atom stereocenters. The Morgan fingerprint density at radius 1 is 1.33 bits per heavy atom. The van der Waals surface area contributed by atoms with Crippen molar-refractivity contribution >= 4 is 5.84 Å². The number of hydrogen-bond acceptors (Lipinski definition) is 3. The fraction of sp³-hybridized carbons (Fsp3) is 0.231. The van der Waals surface area contributed by atoms with Crippen molar-refractivity contribution in [1.29, 1.82) is 5.41 Å². The Morgan fingerprint density at radius 3 is 2.61 bits per heavy atom. The normalized spacial score (nSPS) is 10.4. The van der Waals surface area contributed by atoms with Crippen LogP contribution in [0.4, 0.5) is 0 Å². The van der Waals surface area contributed by atoms with Crippen LogP contribution in [0, 0.1) is 19.3 Å². The van der Waals surface area contributed by atoms with Crippen LogP contribution < -0.4 is 10.5 Å². The van der Waals surface area contributed by atoms with Crippen LogP contribution >= 0.6 is 0 Å². The second-order valence-electron chi connectivity index (χ2n) is 4.26. The zero-order valence-corrected chi connectivity index (χ0v) is 10.7. The van der Waals surface area contributed by atoms with Gasteiger partial charge in [-0.2, -0.15) is 5.10 Å². The summed E-state index contributed by atoms with van der Waals surface area (Å²) in [6.07, 6.45) is 0. The van der Waals surface area contributed by atoms with E-state index in [4.69, 9.17) is 15.9 Å². The van der Waals surface area contributed by atoms with E-state index in [1.807, 2.05) is 39.1 Å². The van der Waals surface area contributed by atoms with Gasteiger partial charge in [0.15, 0.2) is 0 Å². The van der Waals surface area contributed by atoms with E-state index in [2.05, 4.69) is 5.10 Å². The van der Waals surface area contributed by atoms with Crippen LogP contribution in [0.15, 0.2) is 24.3 Å². The van der Waals surface area contributed by atoms with Gasteiger partial charge in [0.1, 0.15) is 11.6 Å². The zero-order chi connectivity index (χ0) is 13.3. The summed E-state index contributed by atoms with van der Waals surface area (Å²) in [5, 5.41) is 11.8. The number of nitrogens with zero attached hydrogens (tertiary/aromatic N) is 2. The van der Waals surface area contributed by atoms with Gasteiger partial charge in [0, 0.05) is 13.1 Å². The Morgan fingerprint density at radius 2 is 2.06 bits per heavy atom. The van der Waals surface area contributed by atoms with Crippen LogP contribution in [0.2, 0.25) is 0 Å². The Labute approximate surface area is 106 Å². The third-order valence-corrected chi connectivity index (χ3v) is 2.60. The highest BCUT2D eigenvalue weighted by molar-refractivity contribution is 5.97. The van der Waals surface area contributed by atoms with Gasteiger partial charge in [-0.1, -0.05) is 6.07 Å². The summed E-state index contributed by atoms with van der Waals surface area (Å²) < 4.78 is 7.44. The number of nitrogen functional groups attached to an aromatic ring is 1. The van der Waals surface area contributed by atoms with Gasteiger partial charge < -0.3 is 10.5 Å². The van der Waals surface area contributed by atoms with Crippen molar-refractivity contribution in [1.82, 2.24) is 9.78 Å². The van der Waals surface area contributed by atoms with Gasteiger partial charge in [-0.3, -0.25) is 5.41 Å². The smallest absolute Gasteiger partial charge is 0.217 e. The van der Waals surface area contributed by atoms with Crippen molar-refractivity contribution in [2.75, 3.05) is 0 Å². The van der Waals surface area contributed by atoms with Crippen LogP contribution in [0.25, 0.3) is 0 Å². The molecule has 1 aromatic heterocycles. The van der Waals surface area contributed by atoms with Gasteiger partial charge in [-0.05, 0) is 31.5 Å². The number of aryl methyl sites for hydroxylation is 3. The Bertz CT molecular complexity index is 601. The van der Waals surface area contributed by atoms with Crippen LogP contribution in [0.1, 0.15) is 16.8 Å². The van der Waals surface area contributed by atoms with Crippen LogP contribution in [0.3, 0.4) is 0 Å². The number of aromatic nitrogens is 2. The average molecular weight is 244 g/mol. The lowest BCUT2D eigenvalue weighted by Crippen LogP contribution is -2.12. The first-order valence-corrected chi connectivity index (χ1v) is 5.61. The van der Waals surface area contributed by atoms with E-state index in [1.54, 1.807) is 10.7 Å². The zero-order valence-electron chi connectivity index (χ0n) is 10.7. The Kier molecular flexibility index (Phi) is 3.06. The Balaban J connectivity index is 2.42. The lowest BCUT2D eigenvalue weighted by Gasteiger charge is -2.10. The molecule has 0 spiro atoms. The number of rotatable bonds is 3. The molecule has 0 aliphatic heterocycles. The maximum atomic E-state index is 7.55. The molecule has 1 aromatic carbocycles. The average Bonchev–Trinajstić information content (AvgIpc) is 2.57. The maximum Gasteiger partial charge on any atom is 0.217 e. The van der Waals surface area contributed by atoms with E-state index < -0.39 is 0 Å². The molecule has 3 N–H and O–H groups in total. The minimum Gasteiger partial charge on any atom is -0.439 e. The first kappa shape index (κ1) is 12.2. The van der Waals surface area contributed by atoms with Crippen LogP contribution in [-0.2, 0) is 7.05 Å². The highest BCUT2D eigenvalue weighted by atomic mass is 16.5. The largest absolute Gasteiger partial charge is 0.439 e. The summed E-state index contributed by atoms with van der Waals surface area (Å²) in [6.45, 7) is 3.86. The molecule has 0 radical (unpaired) electrons. The van der Waals surface area contributed by atoms with Crippen molar-refractivity contribution in [3.05, 3.63) is 41.1 Å². The number of amidine groups is 1. The molecule has 0 saturated carbocycles. The van der Waals surface area contributed by atoms with Crippen molar-refractivity contribution in [2.45, 2.75) is 13.8 Å². The summed E-state index contributed by atoms with van der Waals surface area (Å²) in [6, 6.07) is 7.39. The van der Waals surface area contributed by atoms with Crippen LogP contribution in [0.5, 0.6) is 11.6 Å². The predicted octanol–water partition coefficient (Wildman–Crippen LogP) is 2.11. The first-order chi connectivity index (χ1) is 8.47. The molecule has 18 heavy (non-hydrogen) atoms. The topological polar surface area (TPSA) is 76.9 Å². The molecule has 0 aliphatic rings. The van der Waals surface area contributed by atoms with Gasteiger partial charge in [-0.25, -0.2) is 4.68 Å². The molecule has 2 aromatic rings. The minimum atomic E-state index is -0.0103. The Hall–Kier alpha value is -2.30. The van der Waals surface area contributed by atoms with Crippen molar-refractivity contribution in [2.24, 2.45) is 12.8 Å². The summed E-state index contributed by atoms with van der Waals surface area (Å²) in [5.74, 6) is 1.19. The molecular weight excluding hydrogens is 228 g/mol. The molecule has 94 valence electrons. The highest BCUT2D eigenvalue weighted by Crippen LogP contribution is 2.26. The second kappa shape index (κ2) is 4.52. The molecule has 0 bridgehead atoms. The molecule has 0 atom stereocenters. The maximum absolute atomic E-state index is 7.55. The monoisotopic (exact) mass is 244 g/mol. The molecule has 0 saturated heterocycles. The summed E-state index contributed by atoms with van der Waals surface area (Å²) in [7, 11) is 1.81.